The van der Waals surface area contributed by atoms with E-state index >= 15 is 0 Å². The Morgan fingerprint density at radius 3 is 2.36 bits per heavy atom. The molecule has 1 aromatic carbocycles. The summed E-state index contributed by atoms with van der Waals surface area (Å²) in [4.78, 5) is 0. The number of phenolic OH excluding ortho intramolecular Hbond substituents is 1. The van der Waals surface area contributed by atoms with E-state index in [1.807, 2.05) is 26.0 Å². The monoisotopic (exact) mass is 190 g/mol. The number of phenols is 1. The molecular formula is C9H10N4O. The number of nitrogens with one attached hydrogen (secondary N) is 1. The molecule has 14 heavy (non-hydrogen) atoms. The molecule has 0 aliphatic heterocycles. The number of tetrazole rings is 1. The Labute approximate surface area is 80.8 Å². The summed E-state index contributed by atoms with van der Waals surface area (Å²) in [6.07, 6.45) is 0. The predicted octanol–water partition coefficient (Wildman–Crippen LogP) is 1.19. The van der Waals surface area contributed by atoms with Gasteiger partial charge in [0.1, 0.15) is 5.75 Å². The maximum Gasteiger partial charge on any atom is 0.204 e. The van der Waals surface area contributed by atoms with Gasteiger partial charge in [-0.05, 0) is 42.3 Å². The van der Waals surface area contributed by atoms with Gasteiger partial charge in [-0.1, -0.05) is 0 Å². The molecule has 0 radical (unpaired) electrons. The average Bonchev–Trinajstić information content (AvgIpc) is 2.66. The molecule has 72 valence electrons. The second-order valence-electron chi connectivity index (χ2n) is 3.19. The van der Waals surface area contributed by atoms with Crippen LogP contribution >= 0.6 is 0 Å². The second kappa shape index (κ2) is 3.10. The van der Waals surface area contributed by atoms with E-state index in [0.29, 0.717) is 11.6 Å². The zero-order valence-electron chi connectivity index (χ0n) is 7.94. The van der Waals surface area contributed by atoms with E-state index in [-0.39, 0.29) is 0 Å². The van der Waals surface area contributed by atoms with Gasteiger partial charge in [-0.15, -0.1) is 10.2 Å². The van der Waals surface area contributed by atoms with Crippen molar-refractivity contribution in [3.63, 3.8) is 0 Å². The first-order valence-electron chi connectivity index (χ1n) is 4.22. The first-order chi connectivity index (χ1) is 6.68. The van der Waals surface area contributed by atoms with E-state index in [0.717, 1.165) is 16.7 Å². The number of aryl methyl sites for hydroxylation is 2. The lowest BCUT2D eigenvalue weighted by atomic mass is 10.1. The lowest BCUT2D eigenvalue weighted by Crippen LogP contribution is -1.86. The van der Waals surface area contributed by atoms with Gasteiger partial charge in [0.2, 0.25) is 5.82 Å². The Morgan fingerprint density at radius 2 is 1.86 bits per heavy atom. The normalized spacial score (nSPS) is 10.4. The molecule has 1 aromatic heterocycles. The van der Waals surface area contributed by atoms with Crippen molar-refractivity contribution < 1.29 is 5.11 Å². The molecule has 0 aliphatic carbocycles. The van der Waals surface area contributed by atoms with Crippen LogP contribution in [0.1, 0.15) is 11.1 Å². The number of nitrogens with zero attached hydrogens (tertiary/aromatic N) is 3. The first kappa shape index (κ1) is 8.68. The van der Waals surface area contributed by atoms with E-state index in [4.69, 9.17) is 0 Å². The van der Waals surface area contributed by atoms with E-state index in [2.05, 4.69) is 20.6 Å². The van der Waals surface area contributed by atoms with Crippen LogP contribution in [0, 0.1) is 13.8 Å². The van der Waals surface area contributed by atoms with Crippen LogP contribution in [-0.4, -0.2) is 25.7 Å². The van der Waals surface area contributed by atoms with E-state index < -0.39 is 0 Å². The Balaban J connectivity index is 2.57. The average molecular weight is 190 g/mol. The molecule has 0 unspecified atom stereocenters. The van der Waals surface area contributed by atoms with E-state index in [1.54, 1.807) is 0 Å². The zero-order valence-corrected chi connectivity index (χ0v) is 7.94. The summed E-state index contributed by atoms with van der Waals surface area (Å²) in [5, 5.41) is 23.2. The van der Waals surface area contributed by atoms with Crippen LogP contribution in [-0.2, 0) is 0 Å². The van der Waals surface area contributed by atoms with Crippen LogP contribution in [0.5, 0.6) is 5.75 Å². The van der Waals surface area contributed by atoms with E-state index in [9.17, 15) is 5.11 Å². The highest BCUT2D eigenvalue weighted by molar-refractivity contribution is 5.60. The highest BCUT2D eigenvalue weighted by Gasteiger charge is 2.07. The number of rotatable bonds is 1. The van der Waals surface area contributed by atoms with Gasteiger partial charge in [-0.25, -0.2) is 0 Å². The molecule has 0 fully saturated rings. The fraction of sp³-hybridized carbons (Fsp3) is 0.222. The zero-order chi connectivity index (χ0) is 10.1. The largest absolute Gasteiger partial charge is 0.507 e. The van der Waals surface area contributed by atoms with Gasteiger partial charge in [0.05, 0.1) is 0 Å². The van der Waals surface area contributed by atoms with Crippen molar-refractivity contribution in [1.82, 2.24) is 20.6 Å². The van der Waals surface area contributed by atoms with Crippen molar-refractivity contribution in [2.24, 2.45) is 0 Å². The third kappa shape index (κ3) is 1.32. The van der Waals surface area contributed by atoms with Gasteiger partial charge >= 0.3 is 0 Å². The SMILES string of the molecule is Cc1cc(-c2nn[nH]n2)cc(C)c1O. The first-order valence-corrected chi connectivity index (χ1v) is 4.22. The number of H-pyrrole nitrogens is 1. The molecule has 2 N–H and O–H groups in total. The summed E-state index contributed by atoms with van der Waals surface area (Å²) in [6.45, 7) is 3.68. The van der Waals surface area contributed by atoms with E-state index in [1.165, 1.54) is 0 Å². The molecule has 0 aliphatic rings. The summed E-state index contributed by atoms with van der Waals surface area (Å²) in [7, 11) is 0. The van der Waals surface area contributed by atoms with Crippen LogP contribution in [0.3, 0.4) is 0 Å². The fourth-order valence-electron chi connectivity index (χ4n) is 1.37. The molecule has 5 nitrogen and oxygen atoms in total. The third-order valence-corrected chi connectivity index (χ3v) is 2.09. The van der Waals surface area contributed by atoms with Crippen molar-refractivity contribution in [3.8, 4) is 17.1 Å². The smallest absolute Gasteiger partial charge is 0.204 e. The van der Waals surface area contributed by atoms with Crippen molar-refractivity contribution in [2.75, 3.05) is 0 Å². The number of aromatic nitrogens is 4. The summed E-state index contributed by atoms with van der Waals surface area (Å²) < 4.78 is 0. The molecule has 2 rings (SSSR count). The topological polar surface area (TPSA) is 74.7 Å². The molecular weight excluding hydrogens is 180 g/mol. The van der Waals surface area contributed by atoms with Crippen LogP contribution < -0.4 is 0 Å². The third-order valence-electron chi connectivity index (χ3n) is 2.09. The number of hydrogen-bond acceptors (Lipinski definition) is 4. The maximum absolute atomic E-state index is 9.56. The maximum atomic E-state index is 9.56. The highest BCUT2D eigenvalue weighted by Crippen LogP contribution is 2.26. The van der Waals surface area contributed by atoms with Crippen LogP contribution in [0.2, 0.25) is 0 Å². The fourth-order valence-corrected chi connectivity index (χ4v) is 1.37. The number of aromatic hydroxyl groups is 1. The van der Waals surface area contributed by atoms with Crippen LogP contribution in [0.15, 0.2) is 12.1 Å². The number of benzene rings is 1. The molecule has 0 saturated heterocycles. The predicted molar refractivity (Wildman–Crippen MR) is 50.8 cm³/mol. The Morgan fingerprint density at radius 1 is 1.21 bits per heavy atom. The highest BCUT2D eigenvalue weighted by atomic mass is 16.3. The second-order valence-corrected chi connectivity index (χ2v) is 3.19. The van der Waals surface area contributed by atoms with Gasteiger partial charge in [0.25, 0.3) is 0 Å². The summed E-state index contributed by atoms with van der Waals surface area (Å²) in [5.41, 5.74) is 2.47. The molecule has 0 spiro atoms. The lowest BCUT2D eigenvalue weighted by Gasteiger charge is -2.04. The quantitative estimate of drug-likeness (QED) is 0.708. The summed E-state index contributed by atoms with van der Waals surface area (Å²) >= 11 is 0. The van der Waals surface area contributed by atoms with Crippen molar-refractivity contribution in [1.29, 1.82) is 0 Å². The number of hydrogen-bond donors (Lipinski definition) is 2. The van der Waals surface area contributed by atoms with Gasteiger partial charge in [-0.2, -0.15) is 5.21 Å². The molecule has 1 heterocycles. The summed E-state index contributed by atoms with van der Waals surface area (Å²) in [6, 6.07) is 3.65. The number of aromatic amines is 1. The molecule has 0 saturated carbocycles. The Hall–Kier alpha value is -1.91. The Bertz CT molecular complexity index is 427. The van der Waals surface area contributed by atoms with Crippen molar-refractivity contribution >= 4 is 0 Å². The molecule has 0 amide bonds. The minimum atomic E-state index is 0.317. The lowest BCUT2D eigenvalue weighted by molar-refractivity contribution is 0.467. The molecule has 0 atom stereocenters. The van der Waals surface area contributed by atoms with Crippen molar-refractivity contribution in [2.45, 2.75) is 13.8 Å². The van der Waals surface area contributed by atoms with Gasteiger partial charge in [0.15, 0.2) is 0 Å². The van der Waals surface area contributed by atoms with Crippen molar-refractivity contribution in [3.05, 3.63) is 23.3 Å². The van der Waals surface area contributed by atoms with Crippen LogP contribution in [0.25, 0.3) is 11.4 Å². The minimum Gasteiger partial charge on any atom is -0.507 e. The molecule has 5 heteroatoms. The van der Waals surface area contributed by atoms with Gasteiger partial charge < -0.3 is 5.11 Å². The Kier molecular flexibility index (Phi) is 1.92. The molecule has 2 aromatic rings. The standard InChI is InChI=1S/C9H10N4O/c1-5-3-7(4-6(2)8(5)14)9-10-12-13-11-9/h3-4,14H,1-2H3,(H,10,11,12,13). The molecule has 0 bridgehead atoms. The van der Waals surface area contributed by atoms with Gasteiger partial charge in [-0.3, -0.25) is 0 Å². The minimum absolute atomic E-state index is 0.317. The summed E-state index contributed by atoms with van der Waals surface area (Å²) in [5.74, 6) is 0.855. The van der Waals surface area contributed by atoms with Gasteiger partial charge in [0, 0.05) is 5.56 Å². The van der Waals surface area contributed by atoms with Crippen LogP contribution in [0.4, 0.5) is 0 Å².